The van der Waals surface area contributed by atoms with Crippen molar-refractivity contribution in [2.45, 2.75) is 32.2 Å². The van der Waals surface area contributed by atoms with Gasteiger partial charge in [-0.25, -0.2) is 0 Å². The maximum absolute atomic E-state index is 11.0. The lowest BCUT2D eigenvalue weighted by atomic mass is 10.0. The molecule has 3 heteroatoms. The number of carbonyl (C=O) groups is 1. The van der Waals surface area contributed by atoms with Crippen molar-refractivity contribution in [2.24, 2.45) is 0 Å². The Kier molecular flexibility index (Phi) is 4.54. The third kappa shape index (κ3) is 4.08. The number of ether oxygens (including phenoxy) is 1. The minimum Gasteiger partial charge on any atom is -0.465 e. The molecule has 0 heterocycles. The number of hydrogen-bond donors (Lipinski definition) is 1. The first-order chi connectivity index (χ1) is 6.33. The fourth-order valence-electron chi connectivity index (χ4n) is 1.41. The second kappa shape index (κ2) is 5.75. The lowest BCUT2D eigenvalue weighted by molar-refractivity contribution is -0.142. The third-order valence-electron chi connectivity index (χ3n) is 2.07. The Labute approximate surface area is 79.2 Å². The topological polar surface area (TPSA) is 38.3 Å². The van der Waals surface area contributed by atoms with Crippen molar-refractivity contribution in [3.63, 3.8) is 0 Å². The Bertz CT molecular complexity index is 189. The Morgan fingerprint density at radius 1 is 1.69 bits per heavy atom. The van der Waals surface area contributed by atoms with Gasteiger partial charge in [-0.05, 0) is 26.2 Å². The van der Waals surface area contributed by atoms with Crippen LogP contribution in [0.1, 0.15) is 26.2 Å². The molecule has 0 aromatic heterocycles. The van der Waals surface area contributed by atoms with Gasteiger partial charge < -0.3 is 10.1 Å². The highest BCUT2D eigenvalue weighted by Crippen LogP contribution is 2.09. The predicted molar refractivity (Wildman–Crippen MR) is 51.4 cm³/mol. The van der Waals surface area contributed by atoms with Gasteiger partial charge in [-0.3, -0.25) is 4.79 Å². The maximum atomic E-state index is 11.0. The molecule has 74 valence electrons. The first kappa shape index (κ1) is 10.3. The second-order valence-electron chi connectivity index (χ2n) is 3.15. The van der Waals surface area contributed by atoms with Gasteiger partial charge in [-0.15, -0.1) is 0 Å². The second-order valence-corrected chi connectivity index (χ2v) is 3.15. The molecule has 1 aliphatic carbocycles. The van der Waals surface area contributed by atoms with Crippen LogP contribution in [-0.4, -0.2) is 25.2 Å². The fraction of sp³-hybridized carbons (Fsp3) is 0.700. The van der Waals surface area contributed by atoms with E-state index < -0.39 is 0 Å². The van der Waals surface area contributed by atoms with Crippen LogP contribution in [0.3, 0.4) is 0 Å². The molecule has 1 unspecified atom stereocenters. The molecule has 0 bridgehead atoms. The average molecular weight is 183 g/mol. The highest BCUT2D eigenvalue weighted by atomic mass is 16.5. The summed E-state index contributed by atoms with van der Waals surface area (Å²) in [6.45, 7) is 2.60. The molecule has 0 aliphatic heterocycles. The van der Waals surface area contributed by atoms with Gasteiger partial charge in [-0.1, -0.05) is 12.2 Å². The molecule has 1 aliphatic rings. The van der Waals surface area contributed by atoms with Gasteiger partial charge in [0.15, 0.2) is 0 Å². The molecule has 3 nitrogen and oxygen atoms in total. The summed E-state index contributed by atoms with van der Waals surface area (Å²) in [7, 11) is 0. The normalized spacial score (nSPS) is 21.5. The first-order valence-electron chi connectivity index (χ1n) is 4.88. The van der Waals surface area contributed by atoms with Crippen molar-refractivity contribution in [1.82, 2.24) is 5.32 Å². The van der Waals surface area contributed by atoms with Crippen molar-refractivity contribution in [2.75, 3.05) is 13.2 Å². The van der Waals surface area contributed by atoms with Gasteiger partial charge >= 0.3 is 5.97 Å². The van der Waals surface area contributed by atoms with E-state index in [1.165, 1.54) is 6.42 Å². The van der Waals surface area contributed by atoms with Crippen LogP contribution >= 0.6 is 0 Å². The van der Waals surface area contributed by atoms with Crippen molar-refractivity contribution in [3.05, 3.63) is 12.2 Å². The number of rotatable bonds is 4. The average Bonchev–Trinajstić information content (AvgIpc) is 2.17. The lowest BCUT2D eigenvalue weighted by Gasteiger charge is -2.17. The number of hydrogen-bond acceptors (Lipinski definition) is 3. The SMILES string of the molecule is CCOC(=O)CNC1C=CCCC1. The summed E-state index contributed by atoms with van der Waals surface area (Å²) in [5.41, 5.74) is 0. The van der Waals surface area contributed by atoms with E-state index in [9.17, 15) is 4.79 Å². The summed E-state index contributed by atoms with van der Waals surface area (Å²) < 4.78 is 4.81. The van der Waals surface area contributed by atoms with E-state index in [4.69, 9.17) is 4.74 Å². The number of nitrogens with one attached hydrogen (secondary N) is 1. The van der Waals surface area contributed by atoms with E-state index in [2.05, 4.69) is 17.5 Å². The summed E-state index contributed by atoms with van der Waals surface area (Å²) in [5.74, 6) is -0.165. The van der Waals surface area contributed by atoms with Crippen LogP contribution in [0.5, 0.6) is 0 Å². The van der Waals surface area contributed by atoms with Gasteiger partial charge in [0.25, 0.3) is 0 Å². The fourth-order valence-corrected chi connectivity index (χ4v) is 1.41. The van der Waals surface area contributed by atoms with Gasteiger partial charge in [0.2, 0.25) is 0 Å². The van der Waals surface area contributed by atoms with Crippen LogP contribution in [0.4, 0.5) is 0 Å². The zero-order valence-electron chi connectivity index (χ0n) is 8.08. The van der Waals surface area contributed by atoms with E-state index in [1.807, 2.05) is 6.92 Å². The molecule has 0 saturated carbocycles. The van der Waals surface area contributed by atoms with Gasteiger partial charge in [0, 0.05) is 6.04 Å². The zero-order chi connectivity index (χ0) is 9.52. The molecule has 0 aromatic rings. The monoisotopic (exact) mass is 183 g/mol. The third-order valence-corrected chi connectivity index (χ3v) is 2.07. The summed E-state index contributed by atoms with van der Waals surface area (Å²) in [6, 6.07) is 0.359. The van der Waals surface area contributed by atoms with Crippen LogP contribution in [-0.2, 0) is 9.53 Å². The molecule has 0 radical (unpaired) electrons. The number of allylic oxidation sites excluding steroid dienone is 1. The molecular formula is C10H17NO2. The summed E-state index contributed by atoms with van der Waals surface area (Å²) in [6.07, 6.45) is 7.78. The minimum absolute atomic E-state index is 0.165. The molecule has 1 rings (SSSR count). The molecule has 13 heavy (non-hydrogen) atoms. The molecule has 0 saturated heterocycles. The minimum atomic E-state index is -0.165. The molecule has 0 spiro atoms. The van der Waals surface area contributed by atoms with Crippen molar-refractivity contribution in [3.8, 4) is 0 Å². The van der Waals surface area contributed by atoms with E-state index in [-0.39, 0.29) is 5.97 Å². The molecular weight excluding hydrogens is 166 g/mol. The first-order valence-corrected chi connectivity index (χ1v) is 4.88. The Morgan fingerprint density at radius 3 is 3.15 bits per heavy atom. The van der Waals surface area contributed by atoms with Gasteiger partial charge in [0.1, 0.15) is 0 Å². The van der Waals surface area contributed by atoms with Crippen molar-refractivity contribution in [1.29, 1.82) is 0 Å². The highest BCUT2D eigenvalue weighted by molar-refractivity contribution is 5.71. The van der Waals surface area contributed by atoms with Gasteiger partial charge in [0.05, 0.1) is 13.2 Å². The maximum Gasteiger partial charge on any atom is 0.319 e. The molecule has 1 atom stereocenters. The van der Waals surface area contributed by atoms with E-state index in [1.54, 1.807) is 0 Å². The molecule has 0 fully saturated rings. The van der Waals surface area contributed by atoms with Crippen LogP contribution < -0.4 is 5.32 Å². The van der Waals surface area contributed by atoms with Crippen molar-refractivity contribution < 1.29 is 9.53 Å². The van der Waals surface area contributed by atoms with E-state index in [0.29, 0.717) is 19.2 Å². The van der Waals surface area contributed by atoms with Crippen LogP contribution in [0.25, 0.3) is 0 Å². The number of esters is 1. The Balaban J connectivity index is 2.14. The molecule has 1 N–H and O–H groups in total. The van der Waals surface area contributed by atoms with E-state index >= 15 is 0 Å². The van der Waals surface area contributed by atoms with Crippen LogP contribution in [0.2, 0.25) is 0 Å². The zero-order valence-corrected chi connectivity index (χ0v) is 8.08. The summed E-state index contributed by atoms with van der Waals surface area (Å²) in [5, 5.41) is 3.14. The highest BCUT2D eigenvalue weighted by Gasteiger charge is 2.09. The molecule has 0 aromatic carbocycles. The van der Waals surface area contributed by atoms with Crippen molar-refractivity contribution >= 4 is 5.97 Å². The summed E-state index contributed by atoms with van der Waals surface area (Å²) in [4.78, 5) is 11.0. The quantitative estimate of drug-likeness (QED) is 0.526. The van der Waals surface area contributed by atoms with E-state index in [0.717, 1.165) is 12.8 Å². The van der Waals surface area contributed by atoms with Crippen LogP contribution in [0, 0.1) is 0 Å². The largest absolute Gasteiger partial charge is 0.465 e. The van der Waals surface area contributed by atoms with Gasteiger partial charge in [-0.2, -0.15) is 0 Å². The summed E-state index contributed by atoms with van der Waals surface area (Å²) >= 11 is 0. The molecule has 0 amide bonds. The Hall–Kier alpha value is -0.830. The predicted octanol–water partition coefficient (Wildman–Crippen LogP) is 1.25. The smallest absolute Gasteiger partial charge is 0.319 e. The lowest BCUT2D eigenvalue weighted by Crippen LogP contribution is -2.33. The standard InChI is InChI=1S/C10H17NO2/c1-2-13-10(12)8-11-9-6-4-3-5-7-9/h4,6,9,11H,2-3,5,7-8H2,1H3. The number of carbonyl (C=O) groups excluding carboxylic acids is 1. The Morgan fingerprint density at radius 2 is 2.54 bits per heavy atom. The van der Waals surface area contributed by atoms with Crippen LogP contribution in [0.15, 0.2) is 12.2 Å².